The third kappa shape index (κ3) is 13.4. The summed E-state index contributed by atoms with van der Waals surface area (Å²) in [6, 6.07) is 6.67. The third-order valence-electron chi connectivity index (χ3n) is 6.65. The van der Waals surface area contributed by atoms with Crippen LogP contribution in [0.3, 0.4) is 0 Å². The van der Waals surface area contributed by atoms with Crippen LogP contribution in [0.5, 0.6) is 5.75 Å². The number of ether oxygens (including phenoxy) is 1. The van der Waals surface area contributed by atoms with Crippen molar-refractivity contribution in [2.45, 2.75) is 110 Å². The van der Waals surface area contributed by atoms with Crippen molar-refractivity contribution in [2.24, 2.45) is 5.92 Å². The Balaban J connectivity index is 0.00000544. The van der Waals surface area contributed by atoms with Gasteiger partial charge >= 0.3 is 29.6 Å². The molecule has 0 heterocycles. The van der Waals surface area contributed by atoms with Crippen molar-refractivity contribution < 1.29 is 47.3 Å². The number of anilines is 1. The summed E-state index contributed by atoms with van der Waals surface area (Å²) in [6.45, 7) is 2.67. The fraction of sp³-hybridized carbons (Fsp3) is 0.769. The molecule has 0 atom stereocenters. The standard InChI is InChI=1S/C26H45NO4S.Na/c1-2-31-26-21-19-25(20-22-26)27(32(28,29)30)23-15-11-9-7-5-3-4-6-8-10-12-16-24-17-13-14-18-24;/h19-22,24H,2-18,23H2,1H3,(H,28,29,30);/q;+1/p-1. The normalized spacial score (nSPS) is 14.2. The summed E-state index contributed by atoms with van der Waals surface area (Å²) < 4.78 is 41.4. The number of hydrogen-bond acceptors (Lipinski definition) is 4. The molecule has 1 fully saturated rings. The molecule has 0 N–H and O–H groups in total. The van der Waals surface area contributed by atoms with Gasteiger partial charge in [-0.05, 0) is 43.5 Å². The zero-order chi connectivity index (χ0) is 23.1. The van der Waals surface area contributed by atoms with Crippen LogP contribution in [0, 0.1) is 5.92 Å². The largest absolute Gasteiger partial charge is 1.00 e. The fourth-order valence-corrected chi connectivity index (χ4v) is 5.56. The molecule has 2 rings (SSSR count). The summed E-state index contributed by atoms with van der Waals surface area (Å²) in [5.74, 6) is 1.71. The number of nitrogens with zero attached hydrogens (tertiary/aromatic N) is 1. The molecule has 7 heteroatoms. The number of hydrogen-bond donors (Lipinski definition) is 0. The molecule has 1 aliphatic rings. The molecule has 1 aromatic carbocycles. The first-order valence-electron chi connectivity index (χ1n) is 13.0. The van der Waals surface area contributed by atoms with Gasteiger partial charge in [0.25, 0.3) is 0 Å². The van der Waals surface area contributed by atoms with Gasteiger partial charge < -0.3 is 9.29 Å². The summed E-state index contributed by atoms with van der Waals surface area (Å²) >= 11 is 0. The summed E-state index contributed by atoms with van der Waals surface area (Å²) in [4.78, 5) is 0. The molecule has 184 valence electrons. The van der Waals surface area contributed by atoms with Crippen molar-refractivity contribution >= 4 is 16.0 Å². The molecule has 0 unspecified atom stereocenters. The van der Waals surface area contributed by atoms with Gasteiger partial charge in [0.15, 0.2) is 10.3 Å². The minimum Gasteiger partial charge on any atom is -0.731 e. The van der Waals surface area contributed by atoms with E-state index >= 15 is 0 Å². The Bertz CT molecular complexity index is 706. The molecule has 1 aliphatic carbocycles. The Morgan fingerprint density at radius 3 is 1.82 bits per heavy atom. The first kappa shape index (κ1) is 30.8. The first-order chi connectivity index (χ1) is 15.5. The Kier molecular flexibility index (Phi) is 16.8. The number of unbranched alkanes of at least 4 members (excludes halogenated alkanes) is 10. The van der Waals surface area contributed by atoms with Gasteiger partial charge in [-0.15, -0.1) is 0 Å². The Morgan fingerprint density at radius 1 is 0.848 bits per heavy atom. The van der Waals surface area contributed by atoms with Crippen LogP contribution >= 0.6 is 0 Å². The topological polar surface area (TPSA) is 69.7 Å². The van der Waals surface area contributed by atoms with Crippen LogP contribution in [0.1, 0.15) is 110 Å². The summed E-state index contributed by atoms with van der Waals surface area (Å²) in [7, 11) is -4.52. The molecular weight excluding hydrogens is 445 g/mol. The van der Waals surface area contributed by atoms with Gasteiger partial charge in [-0.1, -0.05) is 96.3 Å². The smallest absolute Gasteiger partial charge is 0.731 e. The Labute approximate surface area is 225 Å². The summed E-state index contributed by atoms with van der Waals surface area (Å²) in [5.41, 5.74) is 0.409. The van der Waals surface area contributed by atoms with Crippen molar-refractivity contribution in [1.82, 2.24) is 0 Å². The van der Waals surface area contributed by atoms with Crippen molar-refractivity contribution in [2.75, 3.05) is 17.5 Å². The van der Waals surface area contributed by atoms with Gasteiger partial charge in [-0.2, -0.15) is 0 Å². The van der Waals surface area contributed by atoms with Gasteiger partial charge in [-0.3, -0.25) is 4.31 Å². The molecule has 0 bridgehead atoms. The van der Waals surface area contributed by atoms with Gasteiger partial charge in [0.1, 0.15) is 5.75 Å². The van der Waals surface area contributed by atoms with Crippen molar-refractivity contribution in [3.05, 3.63) is 24.3 Å². The van der Waals surface area contributed by atoms with Gasteiger partial charge in [0.05, 0.1) is 12.3 Å². The molecule has 0 amide bonds. The quantitative estimate of drug-likeness (QED) is 0.176. The van der Waals surface area contributed by atoms with Gasteiger partial charge in [-0.25, -0.2) is 8.42 Å². The SMILES string of the molecule is CCOc1ccc(N(CCCCCCCCCCCCCC2CCCC2)S(=O)(=O)[O-])cc1.[Na+]. The minimum absolute atomic E-state index is 0. The summed E-state index contributed by atoms with van der Waals surface area (Å²) in [6.07, 6.45) is 20.8. The summed E-state index contributed by atoms with van der Waals surface area (Å²) in [5, 5.41) is 0. The second kappa shape index (κ2) is 18.1. The number of rotatable bonds is 18. The molecule has 0 spiro atoms. The van der Waals surface area contributed by atoms with Gasteiger partial charge in [0.2, 0.25) is 0 Å². The maximum atomic E-state index is 11.7. The fourth-order valence-electron chi connectivity index (χ4n) is 4.82. The van der Waals surface area contributed by atoms with E-state index in [1.165, 1.54) is 83.5 Å². The maximum absolute atomic E-state index is 11.7. The van der Waals surface area contributed by atoms with Crippen molar-refractivity contribution in [1.29, 1.82) is 0 Å². The first-order valence-corrected chi connectivity index (χ1v) is 14.3. The molecule has 0 saturated heterocycles. The second-order valence-corrected chi connectivity index (χ2v) is 10.6. The van der Waals surface area contributed by atoms with E-state index in [-0.39, 0.29) is 36.1 Å². The van der Waals surface area contributed by atoms with Crippen LogP contribution in [0.15, 0.2) is 24.3 Å². The van der Waals surface area contributed by atoms with Crippen LogP contribution < -0.4 is 38.6 Å². The molecule has 33 heavy (non-hydrogen) atoms. The van der Waals surface area contributed by atoms with E-state index in [9.17, 15) is 13.0 Å². The molecule has 0 aliphatic heterocycles. The van der Waals surface area contributed by atoms with Crippen LogP contribution in [0.2, 0.25) is 0 Å². The zero-order valence-electron chi connectivity index (χ0n) is 21.1. The molecule has 5 nitrogen and oxygen atoms in total. The van der Waals surface area contributed by atoms with E-state index in [1.54, 1.807) is 24.3 Å². The average molecular weight is 490 g/mol. The van der Waals surface area contributed by atoms with E-state index < -0.39 is 10.3 Å². The van der Waals surface area contributed by atoms with Crippen LogP contribution in [-0.4, -0.2) is 26.1 Å². The Morgan fingerprint density at radius 2 is 1.33 bits per heavy atom. The molecule has 1 aromatic rings. The van der Waals surface area contributed by atoms with Crippen molar-refractivity contribution in [3.8, 4) is 5.75 Å². The molecule has 1 saturated carbocycles. The van der Waals surface area contributed by atoms with Crippen LogP contribution in [0.4, 0.5) is 5.69 Å². The maximum Gasteiger partial charge on any atom is 1.00 e. The third-order valence-corrected chi connectivity index (χ3v) is 7.59. The average Bonchev–Trinajstić information content (AvgIpc) is 3.28. The molecule has 0 radical (unpaired) electrons. The second-order valence-electron chi connectivity index (χ2n) is 9.28. The minimum atomic E-state index is -4.52. The predicted octanol–water partition coefficient (Wildman–Crippen LogP) is 4.23. The van der Waals surface area contributed by atoms with E-state index in [0.717, 1.165) is 23.1 Å². The van der Waals surface area contributed by atoms with Crippen molar-refractivity contribution in [3.63, 3.8) is 0 Å². The predicted molar refractivity (Wildman–Crippen MR) is 132 cm³/mol. The van der Waals surface area contributed by atoms with Gasteiger partial charge in [0, 0.05) is 6.54 Å². The monoisotopic (exact) mass is 489 g/mol. The van der Waals surface area contributed by atoms with E-state index in [0.29, 0.717) is 24.5 Å². The Hall–Kier alpha value is -0.270. The van der Waals surface area contributed by atoms with E-state index in [1.807, 2.05) is 6.92 Å². The molecule has 0 aromatic heterocycles. The van der Waals surface area contributed by atoms with Crippen LogP contribution in [-0.2, 0) is 10.3 Å². The molecular formula is C26H44NNaO4S. The zero-order valence-corrected chi connectivity index (χ0v) is 23.9. The van der Waals surface area contributed by atoms with E-state index in [4.69, 9.17) is 4.74 Å². The van der Waals surface area contributed by atoms with E-state index in [2.05, 4.69) is 0 Å². The van der Waals surface area contributed by atoms with Crippen LogP contribution in [0.25, 0.3) is 0 Å². The number of benzene rings is 1.